The Balaban J connectivity index is 1.12. The molecular weight excluding hydrogens is 561 g/mol. The molecule has 43 heavy (non-hydrogen) atoms. The lowest BCUT2D eigenvalue weighted by molar-refractivity contribution is -0.137. The van der Waals surface area contributed by atoms with Gasteiger partial charge in [0.05, 0.1) is 17.8 Å². The summed E-state index contributed by atoms with van der Waals surface area (Å²) in [5.74, 6) is 1.81. The van der Waals surface area contributed by atoms with Crippen LogP contribution < -0.4 is 10.1 Å². The van der Waals surface area contributed by atoms with Gasteiger partial charge in [-0.15, -0.1) is 10.2 Å². The van der Waals surface area contributed by atoms with Crippen LogP contribution in [0.25, 0.3) is 5.57 Å². The first kappa shape index (κ1) is 30.6. The molecule has 1 atom stereocenters. The van der Waals surface area contributed by atoms with E-state index in [9.17, 15) is 18.0 Å². The Kier molecular flexibility index (Phi) is 8.84. The first-order chi connectivity index (χ1) is 20.4. The zero-order valence-electron chi connectivity index (χ0n) is 25.0. The van der Waals surface area contributed by atoms with Crippen LogP contribution in [0.3, 0.4) is 0 Å². The van der Waals surface area contributed by atoms with E-state index in [2.05, 4.69) is 37.6 Å². The molecule has 12 heteroatoms. The van der Waals surface area contributed by atoms with E-state index in [0.29, 0.717) is 11.9 Å². The molecule has 9 nitrogen and oxygen atoms in total. The Morgan fingerprint density at radius 2 is 1.86 bits per heavy atom. The molecule has 2 aliphatic carbocycles. The summed E-state index contributed by atoms with van der Waals surface area (Å²) in [5.41, 5.74) is 1.11. The zero-order valence-corrected chi connectivity index (χ0v) is 25.0. The highest BCUT2D eigenvalue weighted by atomic mass is 19.4. The van der Waals surface area contributed by atoms with Crippen LogP contribution in [0, 0.1) is 0 Å². The van der Waals surface area contributed by atoms with Gasteiger partial charge in [-0.2, -0.15) is 18.3 Å². The van der Waals surface area contributed by atoms with Gasteiger partial charge in [-0.05, 0) is 89.5 Å². The molecule has 0 radical (unpaired) electrons. The average molecular weight is 601 g/mol. The van der Waals surface area contributed by atoms with Crippen LogP contribution in [-0.4, -0.2) is 42.3 Å². The van der Waals surface area contributed by atoms with Gasteiger partial charge in [0.25, 0.3) is 0 Å². The first-order valence-corrected chi connectivity index (χ1v) is 14.8. The lowest BCUT2D eigenvalue weighted by atomic mass is 9.85. The highest BCUT2D eigenvalue weighted by Gasteiger charge is 2.31. The van der Waals surface area contributed by atoms with Gasteiger partial charge >= 0.3 is 12.3 Å². The molecule has 0 aliphatic heterocycles. The van der Waals surface area contributed by atoms with Crippen LogP contribution >= 0.6 is 0 Å². The smallest absolute Gasteiger partial charge is 0.416 e. The predicted octanol–water partition coefficient (Wildman–Crippen LogP) is 6.97. The number of halogens is 3. The van der Waals surface area contributed by atoms with Crippen molar-refractivity contribution >= 4 is 11.7 Å². The maximum absolute atomic E-state index is 13.0. The number of benzene rings is 1. The molecular formula is C31H39F3N6O3. The number of nitrogens with zero attached hydrogens (tertiary/aromatic N) is 5. The number of ether oxygens (including phenoxy) is 2. The predicted molar refractivity (Wildman–Crippen MR) is 154 cm³/mol. The standard InChI is InChI=1S/C31H39F3N6O3/c1-30(2,3)43-29(41)36-24-12-8-20(9-13-24)22-17-35-40(18-22)25-14-10-21(11-15-25)28-38-37-27(39(28)4)19-42-26-7-5-6-23(16-26)31(32,33)34/h5-8,16-18,21,24-25H,9-15,19H2,1-4H3,(H,36,41). The van der Waals surface area contributed by atoms with Crippen molar-refractivity contribution in [3.8, 4) is 5.75 Å². The van der Waals surface area contributed by atoms with Crippen LogP contribution in [0.1, 0.15) is 100 Å². The van der Waals surface area contributed by atoms with Gasteiger partial charge in [0.15, 0.2) is 5.82 Å². The molecule has 0 spiro atoms. The van der Waals surface area contributed by atoms with Crippen molar-refractivity contribution in [3.05, 3.63) is 65.5 Å². The first-order valence-electron chi connectivity index (χ1n) is 14.8. The van der Waals surface area contributed by atoms with Crippen molar-refractivity contribution in [1.29, 1.82) is 0 Å². The van der Waals surface area contributed by atoms with Gasteiger partial charge in [0, 0.05) is 30.8 Å². The molecule has 2 aliphatic rings. The van der Waals surface area contributed by atoms with E-state index in [1.165, 1.54) is 17.7 Å². The Bertz CT molecular complexity index is 1450. The number of carbonyl (C=O) groups excluding carboxylic acids is 1. The summed E-state index contributed by atoms with van der Waals surface area (Å²) in [6.45, 7) is 5.60. The van der Waals surface area contributed by atoms with E-state index in [1.807, 2.05) is 38.6 Å². The number of amides is 1. The number of rotatable bonds is 7. The Morgan fingerprint density at radius 1 is 1.09 bits per heavy atom. The fraction of sp³-hybridized carbons (Fsp3) is 0.548. The van der Waals surface area contributed by atoms with Gasteiger partial charge in [0.1, 0.15) is 23.8 Å². The zero-order chi connectivity index (χ0) is 30.8. The molecule has 0 bridgehead atoms. The van der Waals surface area contributed by atoms with Crippen molar-refractivity contribution in [2.45, 2.75) is 102 Å². The number of hydrogen-bond acceptors (Lipinski definition) is 6. The van der Waals surface area contributed by atoms with Crippen LogP contribution in [0.15, 0.2) is 42.7 Å². The minimum Gasteiger partial charge on any atom is -0.486 e. The van der Waals surface area contributed by atoms with E-state index < -0.39 is 17.3 Å². The number of carbonyl (C=O) groups is 1. The largest absolute Gasteiger partial charge is 0.486 e. The molecule has 232 valence electrons. The molecule has 1 aromatic carbocycles. The number of hydrogen-bond donors (Lipinski definition) is 1. The summed E-state index contributed by atoms with van der Waals surface area (Å²) in [4.78, 5) is 12.1. The molecule has 2 aromatic heterocycles. The summed E-state index contributed by atoms with van der Waals surface area (Å²) < 4.78 is 54.0. The fourth-order valence-corrected chi connectivity index (χ4v) is 5.77. The highest BCUT2D eigenvalue weighted by Crippen LogP contribution is 2.38. The van der Waals surface area contributed by atoms with E-state index >= 15 is 0 Å². The Hall–Kier alpha value is -3.83. The second-order valence-corrected chi connectivity index (χ2v) is 12.4. The molecule has 0 saturated heterocycles. The molecule has 2 heterocycles. The van der Waals surface area contributed by atoms with Crippen molar-refractivity contribution in [1.82, 2.24) is 29.9 Å². The number of allylic oxidation sites excluding steroid dienone is 1. The number of aromatic nitrogens is 5. The SMILES string of the molecule is Cn1c(COc2cccc(C(F)(F)F)c2)nnc1C1CCC(n2cc(C3=CCC(NC(=O)OC(C)(C)C)CC3)cn2)CC1. The summed E-state index contributed by atoms with van der Waals surface area (Å²) >= 11 is 0. The topological polar surface area (TPSA) is 96.1 Å². The van der Waals surface area contributed by atoms with Gasteiger partial charge < -0.3 is 19.4 Å². The maximum Gasteiger partial charge on any atom is 0.416 e. The summed E-state index contributed by atoms with van der Waals surface area (Å²) in [7, 11) is 1.87. The Labute approximate surface area is 249 Å². The third-order valence-corrected chi connectivity index (χ3v) is 8.07. The second-order valence-electron chi connectivity index (χ2n) is 12.4. The van der Waals surface area contributed by atoms with Gasteiger partial charge in [-0.1, -0.05) is 12.1 Å². The summed E-state index contributed by atoms with van der Waals surface area (Å²) in [5, 5.41) is 16.3. The molecule has 1 N–H and O–H groups in total. The molecule has 1 fully saturated rings. The maximum atomic E-state index is 13.0. The number of alkyl carbamates (subject to hydrolysis) is 1. The average Bonchev–Trinajstić information content (AvgIpc) is 3.58. The fourth-order valence-electron chi connectivity index (χ4n) is 5.77. The van der Waals surface area contributed by atoms with Crippen molar-refractivity contribution in [2.24, 2.45) is 7.05 Å². The van der Waals surface area contributed by atoms with Gasteiger partial charge in [-0.3, -0.25) is 4.68 Å². The van der Waals surface area contributed by atoms with E-state index in [4.69, 9.17) is 9.47 Å². The minimum atomic E-state index is -4.42. The molecule has 1 unspecified atom stereocenters. The van der Waals surface area contributed by atoms with E-state index in [-0.39, 0.29) is 30.4 Å². The van der Waals surface area contributed by atoms with Crippen molar-refractivity contribution in [3.63, 3.8) is 0 Å². The number of alkyl halides is 3. The lowest BCUT2D eigenvalue weighted by Gasteiger charge is -2.28. The molecule has 3 aromatic rings. The van der Waals surface area contributed by atoms with Gasteiger partial charge in [-0.25, -0.2) is 4.79 Å². The minimum absolute atomic E-state index is 0.0316. The van der Waals surface area contributed by atoms with E-state index in [1.54, 1.807) is 0 Å². The highest BCUT2D eigenvalue weighted by molar-refractivity contribution is 5.69. The van der Waals surface area contributed by atoms with Gasteiger partial charge in [0.2, 0.25) is 0 Å². The third kappa shape index (κ3) is 7.77. The van der Waals surface area contributed by atoms with Crippen molar-refractivity contribution in [2.75, 3.05) is 0 Å². The monoisotopic (exact) mass is 600 g/mol. The summed E-state index contributed by atoms with van der Waals surface area (Å²) in [6, 6.07) is 5.20. The number of nitrogens with one attached hydrogen (secondary N) is 1. The van der Waals surface area contributed by atoms with Crippen LogP contribution in [0.2, 0.25) is 0 Å². The molecule has 1 saturated carbocycles. The normalized spacial score (nSPS) is 21.3. The third-order valence-electron chi connectivity index (χ3n) is 8.07. The molecule has 5 rings (SSSR count). The Morgan fingerprint density at radius 3 is 2.53 bits per heavy atom. The lowest BCUT2D eigenvalue weighted by Crippen LogP contribution is -2.39. The van der Waals surface area contributed by atoms with Crippen LogP contribution in [0.4, 0.5) is 18.0 Å². The van der Waals surface area contributed by atoms with Crippen LogP contribution in [-0.2, 0) is 24.6 Å². The van der Waals surface area contributed by atoms with E-state index in [0.717, 1.165) is 68.5 Å². The molecule has 1 amide bonds. The summed E-state index contributed by atoms with van der Waals surface area (Å²) in [6.07, 6.45) is 7.70. The van der Waals surface area contributed by atoms with Crippen LogP contribution in [0.5, 0.6) is 5.75 Å². The second kappa shape index (κ2) is 12.4. The van der Waals surface area contributed by atoms with Crippen molar-refractivity contribution < 1.29 is 27.4 Å². The quantitative estimate of drug-likeness (QED) is 0.315.